The number of alkyl carbamates (subject to hydrolysis) is 1. The Bertz CT molecular complexity index is 620. The second-order valence-electron chi connectivity index (χ2n) is 8.36. The number of hydrogen-bond acceptors (Lipinski definition) is 4. The molecule has 3 atom stereocenters. The van der Waals surface area contributed by atoms with E-state index < -0.39 is 36.2 Å². The molecule has 1 aromatic carbocycles. The van der Waals surface area contributed by atoms with Crippen LogP contribution >= 0.6 is 0 Å². The molecule has 0 aromatic heterocycles. The highest BCUT2D eigenvalue weighted by Crippen LogP contribution is 2.34. The molecule has 0 unspecified atom stereocenters. The van der Waals surface area contributed by atoms with Crippen molar-refractivity contribution >= 4 is 6.09 Å². The Kier molecular flexibility index (Phi) is 8.83. The molecular formula is C22H33F2NO4. The van der Waals surface area contributed by atoms with E-state index in [2.05, 4.69) is 5.32 Å². The fourth-order valence-corrected chi connectivity index (χ4v) is 3.85. The van der Waals surface area contributed by atoms with Gasteiger partial charge in [0.2, 0.25) is 0 Å². The maximum Gasteiger partial charge on any atom is 0.407 e. The van der Waals surface area contributed by atoms with E-state index in [0.717, 1.165) is 37.7 Å². The zero-order chi connectivity index (χ0) is 21.4. The number of rotatable bonds is 9. The van der Waals surface area contributed by atoms with Crippen LogP contribution in [0.3, 0.4) is 0 Å². The van der Waals surface area contributed by atoms with Crippen LogP contribution in [0.5, 0.6) is 0 Å². The third kappa shape index (κ3) is 6.93. The molecule has 0 bridgehead atoms. The summed E-state index contributed by atoms with van der Waals surface area (Å²) < 4.78 is 34.5. The Morgan fingerprint density at radius 3 is 2.34 bits per heavy atom. The van der Waals surface area contributed by atoms with E-state index in [9.17, 15) is 23.8 Å². The summed E-state index contributed by atoms with van der Waals surface area (Å²) in [4.78, 5) is 12.3. The number of aliphatic hydroxyl groups excluding tert-OH is 2. The van der Waals surface area contributed by atoms with Crippen LogP contribution in [-0.4, -0.2) is 40.5 Å². The van der Waals surface area contributed by atoms with E-state index in [4.69, 9.17) is 4.74 Å². The minimum Gasteiger partial charge on any atom is -0.445 e. The van der Waals surface area contributed by atoms with Crippen molar-refractivity contribution in [3.05, 3.63) is 35.9 Å². The second kappa shape index (κ2) is 10.9. The van der Waals surface area contributed by atoms with Crippen LogP contribution in [0.1, 0.15) is 57.9 Å². The zero-order valence-electron chi connectivity index (χ0n) is 17.2. The summed E-state index contributed by atoms with van der Waals surface area (Å²) in [6.45, 7) is 2.93. The average Bonchev–Trinajstić information content (AvgIpc) is 2.72. The van der Waals surface area contributed by atoms with Crippen LogP contribution in [0.15, 0.2) is 30.3 Å². The maximum atomic E-state index is 14.7. The molecule has 1 aliphatic carbocycles. The Balaban J connectivity index is 2.05. The topological polar surface area (TPSA) is 78.8 Å². The van der Waals surface area contributed by atoms with Gasteiger partial charge >= 0.3 is 12.0 Å². The summed E-state index contributed by atoms with van der Waals surface area (Å²) in [6, 6.07) is 7.82. The minimum absolute atomic E-state index is 0.00390. The monoisotopic (exact) mass is 413 g/mol. The number of hydrogen-bond donors (Lipinski definition) is 3. The van der Waals surface area contributed by atoms with E-state index in [1.165, 1.54) is 13.8 Å². The Hall–Kier alpha value is -1.73. The van der Waals surface area contributed by atoms with Gasteiger partial charge in [-0.1, -0.05) is 76.3 Å². The van der Waals surface area contributed by atoms with Gasteiger partial charge < -0.3 is 20.3 Å². The molecule has 0 spiro atoms. The number of amides is 1. The first-order chi connectivity index (χ1) is 13.7. The van der Waals surface area contributed by atoms with Crippen molar-refractivity contribution in [1.82, 2.24) is 5.32 Å². The molecule has 2 rings (SSSR count). The molecule has 1 aromatic rings. The number of nitrogens with one attached hydrogen (secondary N) is 1. The van der Waals surface area contributed by atoms with Gasteiger partial charge in [-0.05, 0) is 23.8 Å². The predicted octanol–water partition coefficient (Wildman–Crippen LogP) is 4.26. The zero-order valence-corrected chi connectivity index (χ0v) is 17.2. The van der Waals surface area contributed by atoms with Crippen LogP contribution in [-0.2, 0) is 11.3 Å². The van der Waals surface area contributed by atoms with Crippen LogP contribution in [0.4, 0.5) is 13.6 Å². The van der Waals surface area contributed by atoms with Crippen molar-refractivity contribution in [2.24, 2.45) is 11.8 Å². The molecule has 0 aliphatic heterocycles. The molecule has 1 aliphatic rings. The highest BCUT2D eigenvalue weighted by molar-refractivity contribution is 5.67. The van der Waals surface area contributed by atoms with Crippen LogP contribution < -0.4 is 5.32 Å². The number of benzene rings is 1. The summed E-state index contributed by atoms with van der Waals surface area (Å²) in [6.07, 6.45) is 0.0435. The van der Waals surface area contributed by atoms with Crippen LogP contribution in [0.2, 0.25) is 0 Å². The average molecular weight is 414 g/mol. The predicted molar refractivity (Wildman–Crippen MR) is 107 cm³/mol. The quantitative estimate of drug-likeness (QED) is 0.565. The number of ether oxygens (including phenoxy) is 1. The Morgan fingerprint density at radius 1 is 1.14 bits per heavy atom. The maximum absolute atomic E-state index is 14.7. The lowest BCUT2D eigenvalue weighted by atomic mass is 9.82. The van der Waals surface area contributed by atoms with Gasteiger partial charge in [-0.3, -0.25) is 0 Å². The minimum atomic E-state index is -3.75. The third-order valence-electron chi connectivity index (χ3n) is 5.63. The van der Waals surface area contributed by atoms with Gasteiger partial charge in [0.05, 0.1) is 6.04 Å². The molecule has 164 valence electrons. The van der Waals surface area contributed by atoms with E-state index in [-0.39, 0.29) is 18.9 Å². The molecule has 29 heavy (non-hydrogen) atoms. The molecule has 1 saturated carbocycles. The van der Waals surface area contributed by atoms with Crippen molar-refractivity contribution < 1.29 is 28.5 Å². The summed E-state index contributed by atoms with van der Waals surface area (Å²) in [5, 5.41) is 22.8. The first kappa shape index (κ1) is 23.5. The summed E-state index contributed by atoms with van der Waals surface area (Å²) in [5.41, 5.74) is 0.771. The molecule has 1 fully saturated rings. The van der Waals surface area contributed by atoms with Gasteiger partial charge in [0.25, 0.3) is 0 Å². The Labute approximate surface area is 171 Å². The first-order valence-electron chi connectivity index (χ1n) is 10.4. The fraction of sp³-hybridized carbons (Fsp3) is 0.682. The molecule has 7 heteroatoms. The summed E-state index contributed by atoms with van der Waals surface area (Å²) in [7, 11) is 0. The van der Waals surface area contributed by atoms with Gasteiger partial charge in [-0.15, -0.1) is 0 Å². The standard InChI is InChI=1S/C22H33F2NO4/c1-15(2)19(26)22(23,24)20(27)18(13-16-9-5-3-6-10-16)25-21(28)29-14-17-11-7-4-8-12-17/h4,7-8,11-12,15-16,18-20,26-27H,3,5-6,9-10,13-14H2,1-2H3,(H,25,28)/t18-,19+,20+/m0/s1. The van der Waals surface area contributed by atoms with E-state index >= 15 is 0 Å². The lowest BCUT2D eigenvalue weighted by molar-refractivity contribution is -0.197. The number of carbonyl (C=O) groups excluding carboxylic acids is 1. The summed E-state index contributed by atoms with van der Waals surface area (Å²) in [5.74, 6) is -4.34. The third-order valence-corrected chi connectivity index (χ3v) is 5.63. The number of aliphatic hydroxyl groups is 2. The van der Waals surface area contributed by atoms with Gasteiger partial charge in [0.15, 0.2) is 0 Å². The largest absolute Gasteiger partial charge is 0.445 e. The molecule has 1 amide bonds. The van der Waals surface area contributed by atoms with Crippen molar-refractivity contribution in [2.45, 2.75) is 83.2 Å². The molecule has 3 N–H and O–H groups in total. The molecular weight excluding hydrogens is 380 g/mol. The van der Waals surface area contributed by atoms with E-state index in [0.29, 0.717) is 0 Å². The molecule has 0 radical (unpaired) electrons. The normalized spacial score (nSPS) is 18.9. The molecule has 5 nitrogen and oxygen atoms in total. The van der Waals surface area contributed by atoms with E-state index in [1.54, 1.807) is 24.3 Å². The highest BCUT2D eigenvalue weighted by Gasteiger charge is 2.51. The molecule has 0 saturated heterocycles. The van der Waals surface area contributed by atoms with Gasteiger partial charge in [-0.25, -0.2) is 13.6 Å². The van der Waals surface area contributed by atoms with Gasteiger partial charge in [-0.2, -0.15) is 0 Å². The first-order valence-corrected chi connectivity index (χ1v) is 10.4. The van der Waals surface area contributed by atoms with Crippen molar-refractivity contribution in [2.75, 3.05) is 0 Å². The summed E-state index contributed by atoms with van der Waals surface area (Å²) >= 11 is 0. The second-order valence-corrected chi connectivity index (χ2v) is 8.36. The smallest absolute Gasteiger partial charge is 0.407 e. The SMILES string of the molecule is CC(C)[C@@H](O)C(F)(F)[C@H](O)[C@H](CC1CCCCC1)NC(=O)OCc1ccccc1. The van der Waals surface area contributed by atoms with Gasteiger partial charge in [0, 0.05) is 0 Å². The highest BCUT2D eigenvalue weighted by atomic mass is 19.3. The van der Waals surface area contributed by atoms with E-state index in [1.807, 2.05) is 6.07 Å². The Morgan fingerprint density at radius 2 is 1.76 bits per heavy atom. The van der Waals surface area contributed by atoms with Crippen LogP contribution in [0.25, 0.3) is 0 Å². The fourth-order valence-electron chi connectivity index (χ4n) is 3.85. The molecule has 0 heterocycles. The number of alkyl halides is 2. The van der Waals surface area contributed by atoms with Gasteiger partial charge in [0.1, 0.15) is 18.8 Å². The van der Waals surface area contributed by atoms with Crippen molar-refractivity contribution in [3.8, 4) is 0 Å². The van der Waals surface area contributed by atoms with Crippen molar-refractivity contribution in [3.63, 3.8) is 0 Å². The number of carbonyl (C=O) groups is 1. The number of halogens is 2. The lowest BCUT2D eigenvalue weighted by Crippen LogP contribution is -2.57. The van der Waals surface area contributed by atoms with Crippen LogP contribution in [0, 0.1) is 11.8 Å². The lowest BCUT2D eigenvalue weighted by Gasteiger charge is -2.36. The van der Waals surface area contributed by atoms with Crippen molar-refractivity contribution in [1.29, 1.82) is 0 Å².